The minimum Gasteiger partial charge on any atom is -0.443 e. The van der Waals surface area contributed by atoms with Crippen LogP contribution in [-0.2, 0) is 6.54 Å². The van der Waals surface area contributed by atoms with E-state index in [2.05, 4.69) is 29.1 Å². The average Bonchev–Trinajstić information content (AvgIpc) is 3.07. The Kier molecular flexibility index (Phi) is 4.17. The van der Waals surface area contributed by atoms with Gasteiger partial charge >= 0.3 is 0 Å². The largest absolute Gasteiger partial charge is 0.443 e. The van der Waals surface area contributed by atoms with Crippen molar-refractivity contribution in [1.82, 2.24) is 9.97 Å². The second-order valence-corrected chi connectivity index (χ2v) is 7.07. The van der Waals surface area contributed by atoms with Gasteiger partial charge in [-0.05, 0) is 42.3 Å². The fourth-order valence-electron chi connectivity index (χ4n) is 3.08. The lowest BCUT2D eigenvalue weighted by Crippen LogP contribution is -2.15. The van der Waals surface area contributed by atoms with Crippen molar-refractivity contribution in [2.45, 2.75) is 26.3 Å². The zero-order chi connectivity index (χ0) is 18.3. The van der Waals surface area contributed by atoms with Crippen LogP contribution >= 0.6 is 11.6 Å². The van der Waals surface area contributed by atoms with E-state index in [-0.39, 0.29) is 5.56 Å². The minimum absolute atomic E-state index is 0.112. The van der Waals surface area contributed by atoms with Crippen LogP contribution in [0.15, 0.2) is 52.0 Å². The molecular weight excluding hydrogens is 350 g/mol. The maximum absolute atomic E-state index is 12.3. The second kappa shape index (κ2) is 6.50. The van der Waals surface area contributed by atoms with E-state index in [9.17, 15) is 4.79 Å². The van der Waals surface area contributed by atoms with Gasteiger partial charge in [-0.25, -0.2) is 4.98 Å². The topological polar surface area (TPSA) is 70.9 Å². The normalized spacial score (nSPS) is 11.5. The quantitative estimate of drug-likeness (QED) is 0.529. The van der Waals surface area contributed by atoms with E-state index in [0.29, 0.717) is 23.0 Å². The fraction of sp³-hybridized carbons (Fsp3) is 0.200. The van der Waals surface area contributed by atoms with Crippen LogP contribution in [0.5, 0.6) is 0 Å². The number of hydrogen-bond donors (Lipinski definition) is 2. The number of oxazole rings is 1. The molecule has 2 aromatic carbocycles. The van der Waals surface area contributed by atoms with Crippen molar-refractivity contribution in [1.29, 1.82) is 0 Å². The lowest BCUT2D eigenvalue weighted by Gasteiger charge is -2.11. The summed E-state index contributed by atoms with van der Waals surface area (Å²) in [6, 6.07) is 11.3. The van der Waals surface area contributed by atoms with Gasteiger partial charge in [0.05, 0.1) is 0 Å². The van der Waals surface area contributed by atoms with Crippen molar-refractivity contribution >= 4 is 39.3 Å². The number of hydrogen-bond acceptors (Lipinski definition) is 4. The summed E-state index contributed by atoms with van der Waals surface area (Å²) in [5.41, 5.74) is 4.91. The number of nitrogens with one attached hydrogen (secondary N) is 2. The summed E-state index contributed by atoms with van der Waals surface area (Å²) in [5, 5.41) is 4.87. The van der Waals surface area contributed by atoms with Crippen LogP contribution in [-0.4, -0.2) is 9.97 Å². The molecule has 0 aliphatic rings. The predicted octanol–water partition coefficient (Wildman–Crippen LogP) is 5.06. The maximum atomic E-state index is 12.3. The van der Waals surface area contributed by atoms with Crippen LogP contribution in [0, 0.1) is 0 Å². The van der Waals surface area contributed by atoms with E-state index in [0.717, 1.165) is 33.3 Å². The molecule has 0 amide bonds. The molecule has 0 saturated carbocycles. The van der Waals surface area contributed by atoms with Crippen molar-refractivity contribution in [3.63, 3.8) is 0 Å². The van der Waals surface area contributed by atoms with Crippen molar-refractivity contribution < 1.29 is 4.42 Å². The van der Waals surface area contributed by atoms with Crippen LogP contribution in [0.1, 0.15) is 30.9 Å². The number of benzene rings is 2. The van der Waals surface area contributed by atoms with Crippen molar-refractivity contribution in [3.8, 4) is 0 Å². The number of aromatic amines is 1. The van der Waals surface area contributed by atoms with Crippen molar-refractivity contribution in [2.24, 2.45) is 0 Å². The second-order valence-electron chi connectivity index (χ2n) is 6.63. The molecule has 26 heavy (non-hydrogen) atoms. The predicted molar refractivity (Wildman–Crippen MR) is 105 cm³/mol. The number of nitrogens with zero attached hydrogens (tertiary/aromatic N) is 1. The lowest BCUT2D eigenvalue weighted by molar-refractivity contribution is 0.594. The Bertz CT molecular complexity index is 1160. The van der Waals surface area contributed by atoms with E-state index < -0.39 is 0 Å². The molecule has 4 aromatic rings. The van der Waals surface area contributed by atoms with E-state index in [1.807, 2.05) is 30.3 Å². The Labute approximate surface area is 155 Å². The molecule has 0 atom stereocenters. The van der Waals surface area contributed by atoms with Gasteiger partial charge in [-0.2, -0.15) is 0 Å². The standard InChI is InChI=1S/C20H18ClN3O2/c1-11(2)16-7-15(8-18-19(16)26-10-23-18)22-9-13-5-12-6-14(21)3-4-17(12)24-20(13)25/h3-8,10-11,22H,9H2,1-2H3,(H,24,25). The minimum atomic E-state index is -0.112. The highest BCUT2D eigenvalue weighted by Crippen LogP contribution is 2.29. The fourth-order valence-corrected chi connectivity index (χ4v) is 3.26. The van der Waals surface area contributed by atoms with Crippen LogP contribution in [0.25, 0.3) is 22.0 Å². The first-order chi connectivity index (χ1) is 12.5. The summed E-state index contributed by atoms with van der Waals surface area (Å²) >= 11 is 6.05. The highest BCUT2D eigenvalue weighted by atomic mass is 35.5. The monoisotopic (exact) mass is 367 g/mol. The number of rotatable bonds is 4. The molecule has 0 spiro atoms. The Morgan fingerprint density at radius 2 is 2.08 bits per heavy atom. The summed E-state index contributed by atoms with van der Waals surface area (Å²) in [7, 11) is 0. The molecule has 0 bridgehead atoms. The van der Waals surface area contributed by atoms with Crippen LogP contribution in [0.3, 0.4) is 0 Å². The van der Waals surface area contributed by atoms with Gasteiger partial charge in [-0.1, -0.05) is 25.4 Å². The molecule has 0 aliphatic heterocycles. The first-order valence-corrected chi connectivity index (χ1v) is 8.81. The van der Waals surface area contributed by atoms with Crippen molar-refractivity contribution in [2.75, 3.05) is 5.32 Å². The molecule has 2 aromatic heterocycles. The van der Waals surface area contributed by atoms with E-state index in [1.165, 1.54) is 6.39 Å². The Balaban J connectivity index is 1.67. The number of H-pyrrole nitrogens is 1. The summed E-state index contributed by atoms with van der Waals surface area (Å²) in [4.78, 5) is 19.5. The Hall–Kier alpha value is -2.79. The molecule has 4 rings (SSSR count). The Morgan fingerprint density at radius 1 is 1.23 bits per heavy atom. The molecular formula is C20H18ClN3O2. The summed E-state index contributed by atoms with van der Waals surface area (Å²) in [5.74, 6) is 0.304. The molecule has 6 heteroatoms. The van der Waals surface area contributed by atoms with Crippen LogP contribution < -0.4 is 10.9 Å². The van der Waals surface area contributed by atoms with Gasteiger partial charge in [-0.15, -0.1) is 0 Å². The molecule has 132 valence electrons. The summed E-state index contributed by atoms with van der Waals surface area (Å²) < 4.78 is 5.50. The number of fused-ring (bicyclic) bond motifs is 2. The van der Waals surface area contributed by atoms with Gasteiger partial charge in [0.2, 0.25) is 0 Å². The van der Waals surface area contributed by atoms with Gasteiger partial charge in [0, 0.05) is 39.3 Å². The number of halogens is 1. The smallest absolute Gasteiger partial charge is 0.253 e. The van der Waals surface area contributed by atoms with Gasteiger partial charge < -0.3 is 14.7 Å². The molecule has 2 heterocycles. The summed E-state index contributed by atoms with van der Waals surface area (Å²) in [6.07, 6.45) is 1.46. The molecule has 2 N–H and O–H groups in total. The zero-order valence-corrected chi connectivity index (χ0v) is 15.2. The SMILES string of the molecule is CC(C)c1cc(NCc2cc3cc(Cl)ccc3[nH]c2=O)cc2ncoc12. The van der Waals surface area contributed by atoms with Gasteiger partial charge in [-0.3, -0.25) is 4.79 Å². The van der Waals surface area contributed by atoms with Gasteiger partial charge in [0.15, 0.2) is 12.0 Å². The zero-order valence-electron chi connectivity index (χ0n) is 14.5. The first-order valence-electron chi connectivity index (χ1n) is 8.44. The van der Waals surface area contributed by atoms with E-state index in [4.69, 9.17) is 16.0 Å². The average molecular weight is 368 g/mol. The molecule has 0 fully saturated rings. The molecule has 0 radical (unpaired) electrons. The number of aromatic nitrogens is 2. The third-order valence-corrected chi connectivity index (χ3v) is 4.68. The van der Waals surface area contributed by atoms with E-state index in [1.54, 1.807) is 6.07 Å². The van der Waals surface area contributed by atoms with Gasteiger partial charge in [0.1, 0.15) is 5.52 Å². The molecule has 0 saturated heterocycles. The Morgan fingerprint density at radius 3 is 2.88 bits per heavy atom. The molecule has 5 nitrogen and oxygen atoms in total. The first kappa shape index (κ1) is 16.7. The van der Waals surface area contributed by atoms with Crippen molar-refractivity contribution in [3.05, 3.63) is 69.3 Å². The van der Waals surface area contributed by atoms with Crippen LogP contribution in [0.4, 0.5) is 5.69 Å². The maximum Gasteiger partial charge on any atom is 0.253 e. The summed E-state index contributed by atoms with van der Waals surface area (Å²) in [6.45, 7) is 4.62. The highest BCUT2D eigenvalue weighted by Gasteiger charge is 2.12. The number of pyridine rings is 1. The van der Waals surface area contributed by atoms with Gasteiger partial charge in [0.25, 0.3) is 5.56 Å². The molecule has 0 aliphatic carbocycles. The highest BCUT2D eigenvalue weighted by molar-refractivity contribution is 6.31. The molecule has 0 unspecified atom stereocenters. The third kappa shape index (κ3) is 3.06. The lowest BCUT2D eigenvalue weighted by atomic mass is 10.0. The number of anilines is 1. The third-order valence-electron chi connectivity index (χ3n) is 4.45. The van der Waals surface area contributed by atoms with E-state index >= 15 is 0 Å². The van der Waals surface area contributed by atoms with Crippen LogP contribution in [0.2, 0.25) is 5.02 Å².